The molecule has 0 saturated carbocycles. The fraction of sp³-hybridized carbons (Fsp3) is 0.444. The van der Waals surface area contributed by atoms with E-state index in [9.17, 15) is 4.79 Å². The highest BCUT2D eigenvalue weighted by Gasteiger charge is 2.12. The van der Waals surface area contributed by atoms with Crippen LogP contribution in [0.2, 0.25) is 0 Å². The zero-order chi connectivity index (χ0) is 18.0. The van der Waals surface area contributed by atoms with Gasteiger partial charge in [-0.2, -0.15) is 5.10 Å². The topological polar surface area (TPSA) is 77.1 Å². The first-order valence-corrected chi connectivity index (χ1v) is 8.52. The highest BCUT2D eigenvalue weighted by Crippen LogP contribution is 2.16. The maximum absolute atomic E-state index is 12.1. The van der Waals surface area contributed by atoms with Gasteiger partial charge in [0, 0.05) is 49.4 Å². The number of hydrogen-bond donors (Lipinski definition) is 1. The highest BCUT2D eigenvalue weighted by atomic mass is 16.1. The van der Waals surface area contributed by atoms with E-state index in [0.29, 0.717) is 19.4 Å². The van der Waals surface area contributed by atoms with E-state index in [1.807, 2.05) is 49.0 Å². The van der Waals surface area contributed by atoms with E-state index in [0.717, 1.165) is 40.7 Å². The molecule has 7 heteroatoms. The molecule has 0 bridgehead atoms. The van der Waals surface area contributed by atoms with Crippen LogP contribution in [0, 0.1) is 27.7 Å². The van der Waals surface area contributed by atoms with Gasteiger partial charge in [0.25, 0.3) is 0 Å². The van der Waals surface area contributed by atoms with E-state index in [1.165, 1.54) is 0 Å². The number of nitrogens with zero attached hydrogens (tertiary/aromatic N) is 5. The van der Waals surface area contributed by atoms with Crippen molar-refractivity contribution in [3.05, 3.63) is 46.9 Å². The fourth-order valence-electron chi connectivity index (χ4n) is 3.09. The minimum Gasteiger partial charge on any atom is -0.354 e. The molecular formula is C18H24N6O. The van der Waals surface area contributed by atoms with Crippen LogP contribution < -0.4 is 5.32 Å². The number of fused-ring (bicyclic) bond motifs is 1. The van der Waals surface area contributed by atoms with E-state index >= 15 is 0 Å². The summed E-state index contributed by atoms with van der Waals surface area (Å²) in [4.78, 5) is 20.9. The predicted octanol–water partition coefficient (Wildman–Crippen LogP) is 1.91. The van der Waals surface area contributed by atoms with Crippen LogP contribution in [0.5, 0.6) is 0 Å². The number of nitrogens with one attached hydrogen (secondary N) is 1. The summed E-state index contributed by atoms with van der Waals surface area (Å²) in [6, 6.07) is 1.97. The van der Waals surface area contributed by atoms with Gasteiger partial charge in [-0.25, -0.2) is 14.5 Å². The van der Waals surface area contributed by atoms with Crippen molar-refractivity contribution in [2.24, 2.45) is 0 Å². The first-order valence-electron chi connectivity index (χ1n) is 8.52. The van der Waals surface area contributed by atoms with Gasteiger partial charge in [0.15, 0.2) is 5.65 Å². The number of hydrogen-bond acceptors (Lipinski definition) is 4. The van der Waals surface area contributed by atoms with E-state index in [1.54, 1.807) is 6.20 Å². The van der Waals surface area contributed by atoms with E-state index in [4.69, 9.17) is 0 Å². The molecule has 0 atom stereocenters. The molecule has 0 aliphatic rings. The third-order valence-electron chi connectivity index (χ3n) is 4.49. The van der Waals surface area contributed by atoms with Crippen LogP contribution in [-0.2, 0) is 17.8 Å². The van der Waals surface area contributed by atoms with Gasteiger partial charge >= 0.3 is 0 Å². The summed E-state index contributed by atoms with van der Waals surface area (Å²) in [7, 11) is 0. The summed E-state index contributed by atoms with van der Waals surface area (Å²) in [6.07, 6.45) is 4.79. The molecule has 0 aliphatic heterocycles. The minimum atomic E-state index is 0.0494. The Bertz CT molecular complexity index is 908. The van der Waals surface area contributed by atoms with Crippen LogP contribution in [0.15, 0.2) is 18.5 Å². The van der Waals surface area contributed by atoms with Crippen molar-refractivity contribution in [1.82, 2.24) is 29.5 Å². The SMILES string of the molecule is Cc1cc2nc(C)c(CCC(=O)NCCn3ccnc3C)c(C)n2n1. The first-order chi connectivity index (χ1) is 12.0. The van der Waals surface area contributed by atoms with E-state index in [2.05, 4.69) is 20.4 Å². The van der Waals surface area contributed by atoms with Crippen LogP contribution in [0.25, 0.3) is 5.65 Å². The van der Waals surface area contributed by atoms with E-state index < -0.39 is 0 Å². The molecule has 3 aromatic heterocycles. The van der Waals surface area contributed by atoms with Gasteiger partial charge < -0.3 is 9.88 Å². The fourth-order valence-corrected chi connectivity index (χ4v) is 3.09. The van der Waals surface area contributed by atoms with Crippen molar-refractivity contribution in [3.63, 3.8) is 0 Å². The third-order valence-corrected chi connectivity index (χ3v) is 4.49. The second-order valence-electron chi connectivity index (χ2n) is 6.33. The summed E-state index contributed by atoms with van der Waals surface area (Å²) in [5.41, 5.74) is 4.91. The normalized spacial score (nSPS) is 11.2. The Morgan fingerprint density at radius 3 is 2.76 bits per heavy atom. The quantitative estimate of drug-likeness (QED) is 0.743. The highest BCUT2D eigenvalue weighted by molar-refractivity contribution is 5.76. The Labute approximate surface area is 147 Å². The summed E-state index contributed by atoms with van der Waals surface area (Å²) in [5.74, 6) is 1.00. The van der Waals surface area contributed by atoms with Gasteiger partial charge in [-0.3, -0.25) is 4.79 Å². The summed E-state index contributed by atoms with van der Waals surface area (Å²) >= 11 is 0. The molecule has 0 spiro atoms. The zero-order valence-corrected chi connectivity index (χ0v) is 15.2. The number of imidazole rings is 1. The molecule has 1 amide bonds. The molecule has 0 saturated heterocycles. The molecular weight excluding hydrogens is 316 g/mol. The summed E-state index contributed by atoms with van der Waals surface area (Å²) in [5, 5.41) is 7.44. The average Bonchev–Trinajstić information content (AvgIpc) is 3.12. The molecule has 132 valence electrons. The Kier molecular flexibility index (Phi) is 4.83. The zero-order valence-electron chi connectivity index (χ0n) is 15.2. The number of carbonyl (C=O) groups excluding carboxylic acids is 1. The van der Waals surface area contributed by atoms with Gasteiger partial charge in [-0.15, -0.1) is 0 Å². The lowest BCUT2D eigenvalue weighted by atomic mass is 10.1. The lowest BCUT2D eigenvalue weighted by molar-refractivity contribution is -0.121. The molecule has 7 nitrogen and oxygen atoms in total. The van der Waals surface area contributed by atoms with Crippen molar-refractivity contribution in [3.8, 4) is 0 Å². The Hall–Kier alpha value is -2.70. The molecule has 0 radical (unpaired) electrons. The lowest BCUT2D eigenvalue weighted by Gasteiger charge is -2.11. The largest absolute Gasteiger partial charge is 0.354 e. The van der Waals surface area contributed by atoms with Crippen LogP contribution in [0.3, 0.4) is 0 Å². The number of amides is 1. The van der Waals surface area contributed by atoms with Gasteiger partial charge in [-0.05, 0) is 39.7 Å². The average molecular weight is 340 g/mol. The molecule has 3 rings (SSSR count). The van der Waals surface area contributed by atoms with Gasteiger partial charge in [0.05, 0.1) is 5.69 Å². The van der Waals surface area contributed by atoms with Crippen molar-refractivity contribution < 1.29 is 4.79 Å². The van der Waals surface area contributed by atoms with Gasteiger partial charge in [0.2, 0.25) is 5.91 Å². The molecule has 0 aliphatic carbocycles. The minimum absolute atomic E-state index is 0.0494. The van der Waals surface area contributed by atoms with Crippen LogP contribution in [0.1, 0.15) is 34.9 Å². The Morgan fingerprint density at radius 1 is 1.24 bits per heavy atom. The smallest absolute Gasteiger partial charge is 0.220 e. The predicted molar refractivity (Wildman–Crippen MR) is 95.5 cm³/mol. The molecule has 0 fully saturated rings. The van der Waals surface area contributed by atoms with Crippen LogP contribution >= 0.6 is 0 Å². The molecule has 3 heterocycles. The first kappa shape index (κ1) is 17.1. The Morgan fingerprint density at radius 2 is 2.04 bits per heavy atom. The maximum Gasteiger partial charge on any atom is 0.220 e. The number of rotatable bonds is 6. The van der Waals surface area contributed by atoms with Gasteiger partial charge in [0.1, 0.15) is 5.82 Å². The standard InChI is InChI=1S/C18H24N6O/c1-12-11-17-21-13(2)16(14(3)24(17)22-12)5-6-18(25)20-8-10-23-9-7-19-15(23)4/h7,9,11H,5-6,8,10H2,1-4H3,(H,20,25). The third kappa shape index (κ3) is 3.70. The monoisotopic (exact) mass is 340 g/mol. The molecule has 25 heavy (non-hydrogen) atoms. The van der Waals surface area contributed by atoms with Crippen LogP contribution in [0.4, 0.5) is 0 Å². The summed E-state index contributed by atoms with van der Waals surface area (Å²) in [6.45, 7) is 9.26. The molecule has 0 aromatic carbocycles. The summed E-state index contributed by atoms with van der Waals surface area (Å²) < 4.78 is 3.88. The number of carbonyl (C=O) groups is 1. The van der Waals surface area contributed by atoms with E-state index in [-0.39, 0.29) is 5.91 Å². The lowest BCUT2D eigenvalue weighted by Crippen LogP contribution is -2.27. The number of aryl methyl sites for hydroxylation is 4. The van der Waals surface area contributed by atoms with Crippen molar-refractivity contribution in [2.45, 2.75) is 47.1 Å². The molecule has 0 unspecified atom stereocenters. The number of aromatic nitrogens is 5. The maximum atomic E-state index is 12.1. The van der Waals surface area contributed by atoms with Gasteiger partial charge in [-0.1, -0.05) is 0 Å². The van der Waals surface area contributed by atoms with Crippen molar-refractivity contribution in [2.75, 3.05) is 6.54 Å². The second-order valence-corrected chi connectivity index (χ2v) is 6.33. The van der Waals surface area contributed by atoms with Crippen LogP contribution in [-0.4, -0.2) is 36.6 Å². The van der Waals surface area contributed by atoms with Crippen molar-refractivity contribution in [1.29, 1.82) is 0 Å². The molecule has 3 aromatic rings. The van der Waals surface area contributed by atoms with Crippen molar-refractivity contribution >= 4 is 11.6 Å². The second kappa shape index (κ2) is 7.04. The molecule has 1 N–H and O–H groups in total. The Balaban J connectivity index is 1.58.